The maximum absolute atomic E-state index is 14.9. The summed E-state index contributed by atoms with van der Waals surface area (Å²) < 4.78 is 22.4. The number of anilines is 1. The normalized spacial score (nSPS) is 12.8. The van der Waals surface area contributed by atoms with E-state index in [0.717, 1.165) is 36.9 Å². The van der Waals surface area contributed by atoms with E-state index in [1.165, 1.54) is 0 Å². The average molecular weight is 531 g/mol. The third-order valence-corrected chi connectivity index (χ3v) is 7.96. The Hall–Kier alpha value is -0.600. The SMILES string of the molecule is BC(B)(F)C(B)(B)C(B)(B)Oc1ccc(Sc2ccc(I)cc2N)c(CN(C)C)c1. The molecule has 0 aliphatic rings. The molecule has 3 nitrogen and oxygen atoms in total. The smallest absolute Gasteiger partial charge is 0.145 e. The van der Waals surface area contributed by atoms with Gasteiger partial charge in [-0.05, 0) is 83.9 Å². The Kier molecular flexibility index (Phi) is 8.12. The van der Waals surface area contributed by atoms with Gasteiger partial charge in [0.05, 0.1) is 0 Å². The Labute approximate surface area is 203 Å². The molecule has 0 heterocycles. The molecule has 0 saturated heterocycles. The van der Waals surface area contributed by atoms with Crippen molar-refractivity contribution in [1.82, 2.24) is 4.90 Å². The minimum Gasteiger partial charge on any atom is -0.506 e. The number of nitrogen functional groups attached to an aromatic ring is 1. The number of alkyl halides is 1. The van der Waals surface area contributed by atoms with Crippen LogP contribution in [0.25, 0.3) is 0 Å². The molecule has 0 bridgehead atoms. The Morgan fingerprint density at radius 3 is 2.17 bits per heavy atom. The minimum absolute atomic E-state index is 0.690. The Bertz CT molecular complexity index is 911. The summed E-state index contributed by atoms with van der Waals surface area (Å²) in [7, 11) is 15.0. The molecule has 0 amide bonds. The predicted octanol–water partition coefficient (Wildman–Crippen LogP) is -1.34. The fourth-order valence-electron chi connectivity index (χ4n) is 3.05. The van der Waals surface area contributed by atoms with Crippen LogP contribution >= 0.6 is 34.4 Å². The Morgan fingerprint density at radius 2 is 1.63 bits per heavy atom. The number of nitrogens with zero attached hydrogens (tertiary/aromatic N) is 1. The van der Waals surface area contributed by atoms with E-state index in [9.17, 15) is 4.39 Å². The lowest BCUT2D eigenvalue weighted by molar-refractivity contribution is 0.171. The summed E-state index contributed by atoms with van der Waals surface area (Å²) in [4.78, 5) is 4.29. The maximum atomic E-state index is 14.9. The molecule has 0 aromatic heterocycles. The van der Waals surface area contributed by atoms with Crippen molar-refractivity contribution in [2.45, 2.75) is 32.4 Å². The van der Waals surface area contributed by atoms with Crippen LogP contribution in [0.4, 0.5) is 10.1 Å². The molecule has 0 unspecified atom stereocenters. The van der Waals surface area contributed by atoms with Gasteiger partial charge in [-0.15, -0.1) is 0 Å². The highest BCUT2D eigenvalue weighted by molar-refractivity contribution is 14.1. The molecule has 2 rings (SSSR count). The van der Waals surface area contributed by atoms with E-state index in [0.29, 0.717) is 0 Å². The second kappa shape index (κ2) is 9.49. The first-order chi connectivity index (χ1) is 13.6. The van der Waals surface area contributed by atoms with Crippen LogP contribution in [0.3, 0.4) is 0 Å². The molecule has 154 valence electrons. The lowest BCUT2D eigenvalue weighted by Crippen LogP contribution is -2.60. The Morgan fingerprint density at radius 1 is 1.03 bits per heavy atom. The zero-order valence-electron chi connectivity index (χ0n) is 19.3. The van der Waals surface area contributed by atoms with Crippen LogP contribution in [0.1, 0.15) is 5.56 Å². The molecular formula is C18H28B6FIN2OS. The van der Waals surface area contributed by atoms with Crippen molar-refractivity contribution in [3.05, 3.63) is 45.5 Å². The van der Waals surface area contributed by atoms with Crippen molar-refractivity contribution in [1.29, 1.82) is 0 Å². The summed E-state index contributed by atoms with van der Waals surface area (Å²) in [6.07, 6.45) is 0. The quantitative estimate of drug-likeness (QED) is 0.260. The number of benzene rings is 2. The van der Waals surface area contributed by atoms with Crippen molar-refractivity contribution < 1.29 is 9.13 Å². The molecule has 0 fully saturated rings. The van der Waals surface area contributed by atoms with E-state index >= 15 is 0 Å². The molecule has 0 aliphatic carbocycles. The first-order valence-electron chi connectivity index (χ1n) is 10.0. The second-order valence-corrected chi connectivity index (χ2v) is 11.8. The average Bonchev–Trinajstić information content (AvgIpc) is 2.57. The van der Waals surface area contributed by atoms with Crippen molar-refractivity contribution in [2.24, 2.45) is 0 Å². The van der Waals surface area contributed by atoms with Crippen molar-refractivity contribution >= 4 is 87.1 Å². The molecule has 12 heteroatoms. The van der Waals surface area contributed by atoms with Gasteiger partial charge in [-0.2, -0.15) is 0 Å². The lowest BCUT2D eigenvalue weighted by Gasteiger charge is -2.49. The van der Waals surface area contributed by atoms with Gasteiger partial charge in [0.1, 0.15) is 52.8 Å². The molecule has 2 N–H and O–H groups in total. The molecular weight excluding hydrogens is 503 g/mol. The largest absolute Gasteiger partial charge is 0.506 e. The van der Waals surface area contributed by atoms with Crippen LogP contribution < -0.4 is 10.5 Å². The third kappa shape index (κ3) is 6.00. The van der Waals surface area contributed by atoms with Crippen molar-refractivity contribution in [3.8, 4) is 5.75 Å². The van der Waals surface area contributed by atoms with Gasteiger partial charge in [0.2, 0.25) is 0 Å². The van der Waals surface area contributed by atoms with E-state index in [1.807, 2.05) is 57.6 Å². The van der Waals surface area contributed by atoms with E-state index in [-0.39, 0.29) is 0 Å². The zero-order valence-corrected chi connectivity index (χ0v) is 22.2. The second-order valence-electron chi connectivity index (χ2n) is 9.50. The summed E-state index contributed by atoms with van der Waals surface area (Å²) >= 11 is 3.92. The number of rotatable bonds is 8. The van der Waals surface area contributed by atoms with Crippen LogP contribution in [-0.2, 0) is 6.54 Å². The zero-order chi connectivity index (χ0) is 22.9. The molecule has 0 atom stereocenters. The van der Waals surface area contributed by atoms with Crippen LogP contribution in [0.15, 0.2) is 46.2 Å². The van der Waals surface area contributed by atoms with Crippen LogP contribution in [0.5, 0.6) is 5.75 Å². The summed E-state index contributed by atoms with van der Waals surface area (Å²) in [5, 5.41) is -1.39. The third-order valence-electron chi connectivity index (χ3n) is 6.07. The number of hydrogen-bond acceptors (Lipinski definition) is 4. The van der Waals surface area contributed by atoms with Gasteiger partial charge in [0.15, 0.2) is 0 Å². The van der Waals surface area contributed by atoms with E-state index in [1.54, 1.807) is 27.5 Å². The highest BCUT2D eigenvalue weighted by Crippen LogP contribution is 2.42. The van der Waals surface area contributed by atoms with Crippen LogP contribution in [0.2, 0.25) is 5.21 Å². The van der Waals surface area contributed by atoms with Gasteiger partial charge < -0.3 is 15.4 Å². The number of hydrogen-bond donors (Lipinski definition) is 1. The van der Waals surface area contributed by atoms with E-state index < -0.39 is 16.1 Å². The van der Waals surface area contributed by atoms with Gasteiger partial charge in [0.25, 0.3) is 0 Å². The highest BCUT2D eigenvalue weighted by atomic mass is 127. The topological polar surface area (TPSA) is 38.5 Å². The van der Waals surface area contributed by atoms with Gasteiger partial charge in [-0.25, -0.2) is 0 Å². The standard InChI is InChI=1S/C18H28B6FIN2OS/c1-28(2)9-10-7-12(29-18(23,24)16(19,20)17(21,22)25)4-6-14(10)30-15-5-3-11(26)8-13(15)27/h3-8H,9,19-24,27H2,1-2H3. The molecule has 30 heavy (non-hydrogen) atoms. The monoisotopic (exact) mass is 532 g/mol. The molecule has 0 saturated carbocycles. The Balaban J connectivity index is 2.38. The molecule has 0 radical (unpaired) electrons. The number of halogens is 2. The van der Waals surface area contributed by atoms with Crippen LogP contribution in [-0.4, -0.2) is 76.9 Å². The fourth-order valence-corrected chi connectivity index (χ4v) is 4.51. The van der Waals surface area contributed by atoms with E-state index in [2.05, 4.69) is 51.8 Å². The first-order valence-corrected chi connectivity index (χ1v) is 11.9. The summed E-state index contributed by atoms with van der Waals surface area (Å²) in [5.74, 6) is 0.745. The van der Waals surface area contributed by atoms with Crippen molar-refractivity contribution in [2.75, 3.05) is 19.8 Å². The number of nitrogens with two attached hydrogens (primary N) is 1. The molecule has 2 aromatic carbocycles. The summed E-state index contributed by atoms with van der Waals surface area (Å²) in [6, 6.07) is 12.2. The lowest BCUT2D eigenvalue weighted by atomic mass is 9.25. The first kappa shape index (κ1) is 25.7. The molecule has 0 aliphatic heterocycles. The van der Waals surface area contributed by atoms with Gasteiger partial charge in [-0.3, -0.25) is 4.39 Å². The van der Waals surface area contributed by atoms with Gasteiger partial charge in [-0.1, -0.05) is 11.8 Å². The maximum Gasteiger partial charge on any atom is 0.145 e. The van der Waals surface area contributed by atoms with Crippen molar-refractivity contribution in [3.63, 3.8) is 0 Å². The highest BCUT2D eigenvalue weighted by Gasteiger charge is 2.48. The van der Waals surface area contributed by atoms with Gasteiger partial charge in [0, 0.05) is 36.5 Å². The molecule has 2 aromatic rings. The van der Waals surface area contributed by atoms with Gasteiger partial charge >= 0.3 is 0 Å². The molecule has 0 spiro atoms. The predicted molar refractivity (Wildman–Crippen MR) is 153 cm³/mol. The van der Waals surface area contributed by atoms with Crippen LogP contribution in [0, 0.1) is 3.57 Å². The minimum atomic E-state index is -1.39. The van der Waals surface area contributed by atoms with E-state index in [4.69, 9.17) is 10.5 Å². The summed E-state index contributed by atoms with van der Waals surface area (Å²) in [6.45, 7) is 0.766. The summed E-state index contributed by atoms with van der Waals surface area (Å²) in [5.41, 5.74) is 6.76. The fraction of sp³-hybridized carbons (Fsp3) is 0.333. The number of ether oxygens (including phenoxy) is 1.